The normalized spacial score (nSPS) is 11.6. The van der Waals surface area contributed by atoms with Gasteiger partial charge >= 0.3 is 0 Å². The van der Waals surface area contributed by atoms with Crippen LogP contribution in [0.2, 0.25) is 5.02 Å². The second-order valence-corrected chi connectivity index (χ2v) is 8.84. The second kappa shape index (κ2) is 9.01. The van der Waals surface area contributed by atoms with Crippen LogP contribution in [0.25, 0.3) is 11.0 Å². The Kier molecular flexibility index (Phi) is 6.81. The number of nitrogens with one attached hydrogen (secondary N) is 2. The van der Waals surface area contributed by atoms with E-state index in [9.17, 15) is 4.79 Å². The largest absolute Gasteiger partial charge is 0.394 e. The lowest BCUT2D eigenvalue weighted by molar-refractivity contribution is 0.0169. The summed E-state index contributed by atoms with van der Waals surface area (Å²) in [4.78, 5) is 21.9. The summed E-state index contributed by atoms with van der Waals surface area (Å²) in [5.74, 6) is -1.37. The van der Waals surface area contributed by atoms with E-state index in [0.717, 1.165) is 4.47 Å². The highest BCUT2D eigenvalue weighted by Crippen LogP contribution is 2.34. The monoisotopic (exact) mass is 492 g/mol. The van der Waals surface area contributed by atoms with E-state index in [4.69, 9.17) is 21.5 Å². The zero-order chi connectivity index (χ0) is 22.1. The minimum absolute atomic E-state index is 0.00271. The van der Waals surface area contributed by atoms with Crippen LogP contribution in [-0.2, 0) is 10.1 Å². The third-order valence-corrected chi connectivity index (χ3v) is 5.10. The van der Waals surface area contributed by atoms with Crippen LogP contribution in [0.5, 0.6) is 0 Å². The number of aliphatic hydroxyl groups is 1. The van der Waals surface area contributed by atoms with Gasteiger partial charge in [-0.2, -0.15) is 0 Å². The number of aromatic nitrogens is 2. The van der Waals surface area contributed by atoms with Crippen molar-refractivity contribution in [2.45, 2.75) is 5.24 Å². The van der Waals surface area contributed by atoms with Gasteiger partial charge in [-0.15, -0.1) is 0 Å². The van der Waals surface area contributed by atoms with E-state index < -0.39 is 11.7 Å². The Morgan fingerprint density at radius 1 is 1.37 bits per heavy atom. The maximum absolute atomic E-state index is 15.5. The van der Waals surface area contributed by atoms with Crippen molar-refractivity contribution >= 4 is 79.4 Å². The fraction of sp³-hybridized carbons (Fsp3) is 0.176. The third-order valence-electron chi connectivity index (χ3n) is 4.30. The minimum atomic E-state index is -0.693. The highest BCUT2D eigenvalue weighted by molar-refractivity contribution is 9.10. The molecule has 0 saturated heterocycles. The molecule has 0 bridgehead atoms. The van der Waals surface area contributed by atoms with Crippen molar-refractivity contribution < 1.29 is 19.1 Å². The molecular formula is C17H18B3BrClFN4O3. The van der Waals surface area contributed by atoms with Crippen LogP contribution < -0.4 is 10.8 Å². The summed E-state index contributed by atoms with van der Waals surface area (Å²) in [5.41, 5.74) is 3.12. The number of carbonyl (C=O) groups excluding carboxylic acids is 1. The zero-order valence-electron chi connectivity index (χ0n) is 16.6. The van der Waals surface area contributed by atoms with E-state index in [1.807, 2.05) is 23.5 Å². The van der Waals surface area contributed by atoms with E-state index in [1.165, 1.54) is 6.33 Å². The highest BCUT2D eigenvalue weighted by atomic mass is 79.9. The molecule has 0 unspecified atom stereocenters. The first-order chi connectivity index (χ1) is 14.1. The van der Waals surface area contributed by atoms with Gasteiger partial charge in [-0.25, -0.2) is 14.9 Å². The van der Waals surface area contributed by atoms with Gasteiger partial charge in [-0.05, 0) is 29.5 Å². The molecule has 7 nitrogen and oxygen atoms in total. The quantitative estimate of drug-likeness (QED) is 0.253. The summed E-state index contributed by atoms with van der Waals surface area (Å²) in [6.07, 6.45) is 1.54. The Hall–Kier alpha value is -2.01. The Morgan fingerprint density at radius 2 is 2.10 bits per heavy atom. The molecule has 0 atom stereocenters. The van der Waals surface area contributed by atoms with Crippen molar-refractivity contribution in [1.82, 2.24) is 15.0 Å². The average molecular weight is 493 g/mol. The predicted octanol–water partition coefficient (Wildman–Crippen LogP) is 0.456. The molecule has 0 saturated carbocycles. The number of benzene rings is 2. The first-order valence-corrected chi connectivity index (χ1v) is 10.3. The van der Waals surface area contributed by atoms with Crippen LogP contribution in [-0.4, -0.2) is 57.3 Å². The smallest absolute Gasteiger partial charge is 0.277 e. The molecule has 0 aliphatic carbocycles. The van der Waals surface area contributed by atoms with Gasteiger partial charge in [0.05, 0.1) is 47.0 Å². The number of aliphatic hydroxyl groups excluding tert-OH is 1. The Bertz CT molecular complexity index is 1110. The van der Waals surface area contributed by atoms with Crippen LogP contribution in [0.4, 0.5) is 15.8 Å². The summed E-state index contributed by atoms with van der Waals surface area (Å²) in [6, 6.07) is 6.60. The molecule has 1 amide bonds. The van der Waals surface area contributed by atoms with Gasteiger partial charge in [0.15, 0.2) is 5.82 Å². The fourth-order valence-electron chi connectivity index (χ4n) is 2.89. The lowest BCUT2D eigenvalue weighted by atomic mass is 9.49. The van der Waals surface area contributed by atoms with Crippen LogP contribution in [0.15, 0.2) is 35.1 Å². The SMILES string of the molecule is BC(B)(B)n1cnc2c(F)c(Nc3ccc(Br)cc3Cl)c(C(=O)NOCCO)cc21. The summed E-state index contributed by atoms with van der Waals surface area (Å²) < 4.78 is 18.1. The molecule has 3 aromatic rings. The Morgan fingerprint density at radius 3 is 2.73 bits per heavy atom. The number of hydrogen-bond donors (Lipinski definition) is 3. The molecule has 1 aromatic heterocycles. The first-order valence-electron chi connectivity index (χ1n) is 9.08. The number of anilines is 2. The van der Waals surface area contributed by atoms with Crippen molar-refractivity contribution in [3.05, 3.63) is 51.5 Å². The molecule has 0 fully saturated rings. The molecule has 3 rings (SSSR count). The van der Waals surface area contributed by atoms with E-state index in [1.54, 1.807) is 28.8 Å². The second-order valence-electron chi connectivity index (χ2n) is 7.52. The van der Waals surface area contributed by atoms with Crippen LogP contribution in [0.1, 0.15) is 10.4 Å². The molecule has 3 N–H and O–H groups in total. The van der Waals surface area contributed by atoms with Gasteiger partial charge in [0.25, 0.3) is 5.91 Å². The van der Waals surface area contributed by atoms with E-state index in [-0.39, 0.29) is 35.2 Å². The Labute approximate surface area is 188 Å². The molecule has 0 aliphatic rings. The molecular weight excluding hydrogens is 475 g/mol. The number of hydrogen-bond acceptors (Lipinski definition) is 5. The number of fused-ring (bicyclic) bond motifs is 1. The molecule has 154 valence electrons. The lowest BCUT2D eigenvalue weighted by Gasteiger charge is -2.22. The van der Waals surface area contributed by atoms with Gasteiger partial charge in [0.2, 0.25) is 0 Å². The van der Waals surface area contributed by atoms with Crippen LogP contribution >= 0.6 is 27.5 Å². The molecule has 2 aromatic carbocycles. The summed E-state index contributed by atoms with van der Waals surface area (Å²) in [5, 5.41) is 11.7. The maximum atomic E-state index is 15.5. The Balaban J connectivity index is 2.16. The maximum Gasteiger partial charge on any atom is 0.277 e. The number of hydroxylamine groups is 1. The standard InChI is InChI=1S/C17H18B3BrClFN4O3/c18-17(19,20)27-7-24-15-12(27)6-9(16(29)26-30-4-3-28)14(13(15)23)25-11-2-1-8(21)5-10(11)22/h1-2,5-7,25,28H,3-4,18-20H2,(H,26,29). The average Bonchev–Trinajstić information content (AvgIpc) is 3.10. The first kappa shape index (κ1) is 22.7. The van der Waals surface area contributed by atoms with Gasteiger partial charge in [0.1, 0.15) is 29.1 Å². The van der Waals surface area contributed by atoms with Gasteiger partial charge < -0.3 is 15.0 Å². The molecule has 30 heavy (non-hydrogen) atoms. The number of amides is 1. The number of rotatable bonds is 7. The molecule has 0 aliphatic heterocycles. The summed E-state index contributed by atoms with van der Waals surface area (Å²) >= 11 is 9.58. The molecule has 1 heterocycles. The van der Waals surface area contributed by atoms with Gasteiger partial charge in [0, 0.05) is 4.47 Å². The van der Waals surface area contributed by atoms with Crippen LogP contribution in [0, 0.1) is 5.82 Å². The van der Waals surface area contributed by atoms with Crippen molar-refractivity contribution in [3.8, 4) is 0 Å². The number of imidazole rings is 1. The van der Waals surface area contributed by atoms with Gasteiger partial charge in [-0.3, -0.25) is 9.63 Å². The summed E-state index contributed by atoms with van der Waals surface area (Å²) in [6.45, 7) is -0.373. The molecule has 0 spiro atoms. The van der Waals surface area contributed by atoms with Crippen molar-refractivity contribution in [2.75, 3.05) is 18.5 Å². The molecule has 0 radical (unpaired) electrons. The topological polar surface area (TPSA) is 88.4 Å². The number of halogens is 3. The fourth-order valence-corrected chi connectivity index (χ4v) is 3.61. The summed E-state index contributed by atoms with van der Waals surface area (Å²) in [7, 11) is 5.84. The van der Waals surface area contributed by atoms with Crippen LogP contribution in [0.3, 0.4) is 0 Å². The van der Waals surface area contributed by atoms with E-state index >= 15 is 4.39 Å². The van der Waals surface area contributed by atoms with E-state index in [2.05, 4.69) is 31.7 Å². The number of carbonyl (C=O) groups is 1. The highest BCUT2D eigenvalue weighted by Gasteiger charge is 2.25. The van der Waals surface area contributed by atoms with Gasteiger partial charge in [-0.1, -0.05) is 27.5 Å². The predicted molar refractivity (Wildman–Crippen MR) is 126 cm³/mol. The zero-order valence-corrected chi connectivity index (χ0v) is 18.9. The van der Waals surface area contributed by atoms with Crippen molar-refractivity contribution in [3.63, 3.8) is 0 Å². The minimum Gasteiger partial charge on any atom is -0.394 e. The molecule has 13 heteroatoms. The van der Waals surface area contributed by atoms with Crippen molar-refractivity contribution in [1.29, 1.82) is 0 Å². The number of nitrogens with zero attached hydrogens (tertiary/aromatic N) is 2. The third kappa shape index (κ3) is 4.67. The lowest BCUT2D eigenvalue weighted by Crippen LogP contribution is -2.34. The van der Waals surface area contributed by atoms with E-state index in [0.29, 0.717) is 16.2 Å². The van der Waals surface area contributed by atoms with Crippen molar-refractivity contribution in [2.24, 2.45) is 0 Å².